The average molecular weight is 278 g/mol. The van der Waals surface area contributed by atoms with Gasteiger partial charge >= 0.3 is 6.18 Å². The van der Waals surface area contributed by atoms with Crippen LogP contribution in [0.2, 0.25) is 0 Å². The molecule has 0 amide bonds. The van der Waals surface area contributed by atoms with Gasteiger partial charge in [0.25, 0.3) is 10.2 Å². The molecule has 0 unspecified atom stereocenters. The number of halogens is 3. The van der Waals surface area contributed by atoms with Gasteiger partial charge in [0.2, 0.25) is 0 Å². The van der Waals surface area contributed by atoms with Gasteiger partial charge in [0.15, 0.2) is 0 Å². The minimum atomic E-state index is -4.61. The van der Waals surface area contributed by atoms with Crippen LogP contribution in [0.1, 0.15) is 26.7 Å². The van der Waals surface area contributed by atoms with E-state index in [1.165, 1.54) is 4.72 Å². The largest absolute Gasteiger partial charge is 0.402 e. The Balaban J connectivity index is 4.28. The van der Waals surface area contributed by atoms with Crippen molar-refractivity contribution in [3.63, 3.8) is 0 Å². The maximum Gasteiger partial charge on any atom is 0.402 e. The lowest BCUT2D eigenvalue weighted by Gasteiger charge is -2.25. The van der Waals surface area contributed by atoms with Crippen molar-refractivity contribution in [3.05, 3.63) is 0 Å². The molecule has 0 heterocycles. The van der Waals surface area contributed by atoms with Crippen molar-refractivity contribution in [1.29, 1.82) is 0 Å². The molecule has 0 atom stereocenters. The molecule has 17 heavy (non-hydrogen) atoms. The first-order valence-electron chi connectivity index (χ1n) is 5.07. The highest BCUT2D eigenvalue weighted by atomic mass is 32.2. The van der Waals surface area contributed by atoms with Gasteiger partial charge in [0.05, 0.1) is 5.60 Å². The smallest absolute Gasteiger partial charge is 0.389 e. The maximum absolute atomic E-state index is 11.8. The molecule has 104 valence electrons. The van der Waals surface area contributed by atoms with Gasteiger partial charge in [0, 0.05) is 6.54 Å². The summed E-state index contributed by atoms with van der Waals surface area (Å²) in [5.74, 6) is 0. The van der Waals surface area contributed by atoms with Gasteiger partial charge in [0.1, 0.15) is 6.54 Å². The first-order valence-corrected chi connectivity index (χ1v) is 6.55. The quantitative estimate of drug-likeness (QED) is 0.635. The summed E-state index contributed by atoms with van der Waals surface area (Å²) in [5, 5.41) is 9.74. The molecule has 0 fully saturated rings. The number of nitrogens with one attached hydrogen (secondary N) is 2. The van der Waals surface area contributed by atoms with Crippen LogP contribution in [0.4, 0.5) is 13.2 Å². The molecule has 0 aliphatic carbocycles. The molecule has 0 rings (SSSR count). The summed E-state index contributed by atoms with van der Waals surface area (Å²) >= 11 is 0. The van der Waals surface area contributed by atoms with Crippen molar-refractivity contribution in [2.75, 3.05) is 13.1 Å². The van der Waals surface area contributed by atoms with Gasteiger partial charge in [-0.1, -0.05) is 13.8 Å². The lowest BCUT2D eigenvalue weighted by Crippen LogP contribution is -2.47. The lowest BCUT2D eigenvalue weighted by molar-refractivity contribution is -0.121. The first-order chi connectivity index (χ1) is 7.54. The predicted octanol–water partition coefficient (Wildman–Crippen LogP) is 0.524. The van der Waals surface area contributed by atoms with Gasteiger partial charge in [-0.25, -0.2) is 0 Å². The zero-order chi connectivity index (χ0) is 13.7. The van der Waals surface area contributed by atoms with Crippen LogP contribution >= 0.6 is 0 Å². The second kappa shape index (κ2) is 5.98. The normalized spacial score (nSPS) is 14.0. The second-order valence-corrected chi connectivity index (χ2v) is 5.28. The Morgan fingerprint density at radius 2 is 1.47 bits per heavy atom. The van der Waals surface area contributed by atoms with Crippen LogP contribution in [0.25, 0.3) is 0 Å². The summed E-state index contributed by atoms with van der Waals surface area (Å²) in [7, 11) is -4.25. The van der Waals surface area contributed by atoms with Crippen molar-refractivity contribution < 1.29 is 26.7 Å². The average Bonchev–Trinajstić information content (AvgIpc) is 2.23. The van der Waals surface area contributed by atoms with Crippen molar-refractivity contribution in [1.82, 2.24) is 9.44 Å². The lowest BCUT2D eigenvalue weighted by atomic mass is 9.98. The Labute approximate surface area is 98.6 Å². The van der Waals surface area contributed by atoms with Gasteiger partial charge in [-0.05, 0) is 12.8 Å². The van der Waals surface area contributed by atoms with E-state index in [0.717, 1.165) is 0 Å². The SMILES string of the molecule is CCC(O)(CC)CNS(=O)(=O)NCC(F)(F)F. The van der Waals surface area contributed by atoms with Gasteiger partial charge in [-0.3, -0.25) is 0 Å². The first kappa shape index (κ1) is 16.6. The van der Waals surface area contributed by atoms with Crippen LogP contribution in [0.5, 0.6) is 0 Å². The van der Waals surface area contributed by atoms with Crippen molar-refractivity contribution >= 4 is 10.2 Å². The third-order valence-electron chi connectivity index (χ3n) is 2.37. The number of hydrogen-bond acceptors (Lipinski definition) is 3. The molecule has 3 N–H and O–H groups in total. The van der Waals surface area contributed by atoms with E-state index in [-0.39, 0.29) is 6.54 Å². The fraction of sp³-hybridized carbons (Fsp3) is 1.00. The number of hydrogen-bond donors (Lipinski definition) is 3. The Morgan fingerprint density at radius 1 is 1.06 bits per heavy atom. The molecular weight excluding hydrogens is 261 g/mol. The minimum Gasteiger partial charge on any atom is -0.389 e. The minimum absolute atomic E-state index is 0.297. The van der Waals surface area contributed by atoms with E-state index in [0.29, 0.717) is 12.8 Å². The molecular formula is C8H17F3N2O3S. The highest BCUT2D eigenvalue weighted by Crippen LogP contribution is 2.14. The highest BCUT2D eigenvalue weighted by molar-refractivity contribution is 7.87. The van der Waals surface area contributed by atoms with Crippen LogP contribution in [-0.2, 0) is 10.2 Å². The molecule has 0 aliphatic rings. The summed E-state index contributed by atoms with van der Waals surface area (Å²) in [6.45, 7) is 1.34. The van der Waals surface area contributed by atoms with Crippen LogP contribution in [0, 0.1) is 0 Å². The fourth-order valence-electron chi connectivity index (χ4n) is 0.957. The predicted molar refractivity (Wildman–Crippen MR) is 56.5 cm³/mol. The number of rotatable bonds is 7. The summed E-state index contributed by atoms with van der Waals surface area (Å²) in [6.07, 6.45) is -4.02. The molecule has 0 bridgehead atoms. The van der Waals surface area contributed by atoms with Crippen molar-refractivity contribution in [3.8, 4) is 0 Å². The Kier molecular flexibility index (Phi) is 5.85. The van der Waals surface area contributed by atoms with Crippen molar-refractivity contribution in [2.45, 2.75) is 38.5 Å². The Morgan fingerprint density at radius 3 is 1.82 bits per heavy atom. The molecule has 9 heteroatoms. The van der Waals surface area contributed by atoms with Crippen LogP contribution in [0.3, 0.4) is 0 Å². The monoisotopic (exact) mass is 278 g/mol. The molecule has 0 radical (unpaired) electrons. The third kappa shape index (κ3) is 7.53. The van der Waals surface area contributed by atoms with E-state index in [1.807, 2.05) is 4.72 Å². The van der Waals surface area contributed by atoms with Gasteiger partial charge < -0.3 is 5.11 Å². The topological polar surface area (TPSA) is 78.4 Å². The standard InChI is InChI=1S/C8H17F3N2O3S/c1-3-7(14,4-2)5-12-17(15,16)13-6-8(9,10)11/h12-14H,3-6H2,1-2H3. The molecule has 0 aromatic rings. The van der Waals surface area contributed by atoms with E-state index in [2.05, 4.69) is 0 Å². The van der Waals surface area contributed by atoms with E-state index >= 15 is 0 Å². The van der Waals surface area contributed by atoms with Crippen LogP contribution < -0.4 is 9.44 Å². The molecule has 0 aromatic heterocycles. The van der Waals surface area contributed by atoms with Gasteiger partial charge in [-0.15, -0.1) is 0 Å². The Bertz CT molecular complexity index is 325. The number of alkyl halides is 3. The maximum atomic E-state index is 11.8. The van der Waals surface area contributed by atoms with Crippen molar-refractivity contribution in [2.24, 2.45) is 0 Å². The summed E-state index contributed by atoms with van der Waals surface area (Å²) < 4.78 is 60.8. The number of aliphatic hydroxyl groups is 1. The third-order valence-corrected chi connectivity index (χ3v) is 3.42. The van der Waals surface area contributed by atoms with E-state index in [1.54, 1.807) is 13.8 Å². The summed E-state index contributed by atoms with van der Waals surface area (Å²) in [5.41, 5.74) is -1.24. The van der Waals surface area contributed by atoms with E-state index in [9.17, 15) is 26.7 Å². The molecule has 0 aromatic carbocycles. The summed E-state index contributed by atoms with van der Waals surface area (Å²) in [6, 6.07) is 0. The molecule has 0 saturated carbocycles. The molecule has 0 spiro atoms. The van der Waals surface area contributed by atoms with E-state index < -0.39 is 28.5 Å². The molecule has 5 nitrogen and oxygen atoms in total. The second-order valence-electron chi connectivity index (χ2n) is 3.69. The Hall–Kier alpha value is -0.380. The molecule has 0 saturated heterocycles. The van der Waals surface area contributed by atoms with Gasteiger partial charge in [-0.2, -0.15) is 31.0 Å². The highest BCUT2D eigenvalue weighted by Gasteiger charge is 2.30. The van der Waals surface area contributed by atoms with E-state index in [4.69, 9.17) is 0 Å². The molecule has 0 aliphatic heterocycles. The van der Waals surface area contributed by atoms with Crippen LogP contribution in [0.15, 0.2) is 0 Å². The van der Waals surface area contributed by atoms with Crippen LogP contribution in [-0.4, -0.2) is 38.4 Å². The summed E-state index contributed by atoms with van der Waals surface area (Å²) in [4.78, 5) is 0. The fourth-order valence-corrected chi connectivity index (χ4v) is 1.87. The zero-order valence-corrected chi connectivity index (χ0v) is 10.5. The zero-order valence-electron chi connectivity index (χ0n) is 9.63.